The molecule has 47 heavy (non-hydrogen) atoms. The van der Waals surface area contributed by atoms with Crippen LogP contribution in [0.15, 0.2) is 128 Å². The first-order valence-corrected chi connectivity index (χ1v) is 16.3. The molecule has 0 amide bonds. The van der Waals surface area contributed by atoms with Crippen molar-refractivity contribution in [1.82, 2.24) is 19.1 Å². The van der Waals surface area contributed by atoms with E-state index in [1.165, 1.54) is 38.2 Å². The van der Waals surface area contributed by atoms with Crippen LogP contribution in [0, 0.1) is 0 Å². The molecule has 8 aromatic rings. The Kier molecular flexibility index (Phi) is 6.32. The van der Waals surface area contributed by atoms with Gasteiger partial charge in [0.25, 0.3) is 0 Å². The number of aromatic nitrogens is 4. The van der Waals surface area contributed by atoms with Crippen molar-refractivity contribution in [2.24, 2.45) is 5.73 Å². The molecule has 226 valence electrons. The highest BCUT2D eigenvalue weighted by molar-refractivity contribution is 6.14. The fourth-order valence-electron chi connectivity index (χ4n) is 7.62. The molecule has 0 fully saturated rings. The molecule has 9 rings (SSSR count). The van der Waals surface area contributed by atoms with Crippen LogP contribution in [0.25, 0.3) is 66.8 Å². The summed E-state index contributed by atoms with van der Waals surface area (Å²) in [7, 11) is 0. The Labute approximate surface area is 272 Å². The minimum Gasteiger partial charge on any atom is -0.383 e. The van der Waals surface area contributed by atoms with E-state index in [1.54, 1.807) is 12.4 Å². The number of rotatable bonds is 4. The lowest BCUT2D eigenvalue weighted by atomic mass is 9.95. The minimum atomic E-state index is 0.573. The minimum absolute atomic E-state index is 0.573. The van der Waals surface area contributed by atoms with Gasteiger partial charge in [0.2, 0.25) is 0 Å². The van der Waals surface area contributed by atoms with E-state index in [1.807, 2.05) is 0 Å². The monoisotopic (exact) mass is 607 g/mol. The van der Waals surface area contributed by atoms with Gasteiger partial charge in [0.15, 0.2) is 0 Å². The van der Waals surface area contributed by atoms with Gasteiger partial charge in [0.05, 0.1) is 27.4 Å². The molecule has 3 aromatic heterocycles. The van der Waals surface area contributed by atoms with Crippen molar-refractivity contribution in [2.45, 2.75) is 26.2 Å². The van der Waals surface area contributed by atoms with Gasteiger partial charge in [-0.25, -0.2) is 4.98 Å². The summed E-state index contributed by atoms with van der Waals surface area (Å²) in [5.74, 6) is 0.573. The van der Waals surface area contributed by atoms with Gasteiger partial charge >= 0.3 is 0 Å². The van der Waals surface area contributed by atoms with E-state index in [0.717, 1.165) is 58.0 Å². The first kappa shape index (κ1) is 27.4. The first-order valence-electron chi connectivity index (χ1n) is 16.3. The molecule has 0 saturated carbocycles. The second kappa shape index (κ2) is 10.8. The van der Waals surface area contributed by atoms with Crippen molar-refractivity contribution in [3.63, 3.8) is 0 Å². The maximum atomic E-state index is 7.27. The van der Waals surface area contributed by atoms with Crippen molar-refractivity contribution in [1.29, 1.82) is 0 Å². The Morgan fingerprint density at radius 1 is 0.702 bits per heavy atom. The number of fused-ring (bicyclic) bond motifs is 7. The molecule has 0 unspecified atom stereocenters. The Bertz CT molecular complexity index is 2670. The maximum Gasteiger partial charge on any atom is 0.137 e. The fraction of sp³-hybridized carbons (Fsp3) is 0.0952. The number of hydrogen-bond acceptors (Lipinski definition) is 3. The van der Waals surface area contributed by atoms with Crippen LogP contribution < -0.4 is 16.4 Å². The van der Waals surface area contributed by atoms with Gasteiger partial charge in [-0.3, -0.25) is 9.55 Å². The Morgan fingerprint density at radius 3 is 2.26 bits per heavy atom. The standard InChI is InChI=1S/C42H33N5/c1-2-30(32-19-12-22-37-39(32)33-18-9-11-21-36(33)46(37)29-15-4-3-5-16-29)40-41(45-24-23-44-40)42(43)47-35-20-10-8-17-31(35)34-25-27-13-6-7-14-28(27)26-38(34)47/h3-5,7-12,14-26H,2,6,13,43H2,1H3/b40-30-,42-41-. The highest BCUT2D eigenvalue weighted by atomic mass is 15.1. The second-order valence-corrected chi connectivity index (χ2v) is 12.2. The van der Waals surface area contributed by atoms with Crippen molar-refractivity contribution in [3.05, 3.63) is 155 Å². The molecule has 0 spiro atoms. The van der Waals surface area contributed by atoms with Crippen LogP contribution in [-0.2, 0) is 6.42 Å². The van der Waals surface area contributed by atoms with E-state index >= 15 is 0 Å². The molecule has 0 atom stereocenters. The number of para-hydroxylation sites is 3. The Hall–Kier alpha value is -5.94. The smallest absolute Gasteiger partial charge is 0.137 e. The van der Waals surface area contributed by atoms with Gasteiger partial charge in [0.1, 0.15) is 11.2 Å². The summed E-state index contributed by atoms with van der Waals surface area (Å²) in [5.41, 5.74) is 17.8. The van der Waals surface area contributed by atoms with Crippen LogP contribution in [0.5, 0.6) is 0 Å². The zero-order chi connectivity index (χ0) is 31.5. The lowest BCUT2D eigenvalue weighted by Gasteiger charge is -2.13. The van der Waals surface area contributed by atoms with Gasteiger partial charge in [0, 0.05) is 39.6 Å². The van der Waals surface area contributed by atoms with Crippen molar-refractivity contribution >= 4 is 61.1 Å². The number of nitrogens with two attached hydrogens (primary N) is 1. The summed E-state index contributed by atoms with van der Waals surface area (Å²) in [6.07, 6.45) is 10.9. The molecule has 0 saturated heterocycles. The summed E-state index contributed by atoms with van der Waals surface area (Å²) in [5, 5.41) is 6.29. The van der Waals surface area contributed by atoms with E-state index in [4.69, 9.17) is 15.7 Å². The lowest BCUT2D eigenvalue weighted by molar-refractivity contribution is 0.987. The van der Waals surface area contributed by atoms with E-state index in [-0.39, 0.29) is 0 Å². The molecule has 0 aliphatic heterocycles. The predicted octanol–water partition coefficient (Wildman–Crippen LogP) is 7.82. The van der Waals surface area contributed by atoms with Crippen LogP contribution in [0.2, 0.25) is 0 Å². The van der Waals surface area contributed by atoms with Crippen LogP contribution in [0.4, 0.5) is 0 Å². The highest BCUT2D eigenvalue weighted by Gasteiger charge is 2.19. The maximum absolute atomic E-state index is 7.27. The lowest BCUT2D eigenvalue weighted by Crippen LogP contribution is -2.39. The average molecular weight is 608 g/mol. The highest BCUT2D eigenvalue weighted by Crippen LogP contribution is 2.37. The summed E-state index contributed by atoms with van der Waals surface area (Å²) in [4.78, 5) is 9.95. The molecule has 0 bridgehead atoms. The van der Waals surface area contributed by atoms with Crippen LogP contribution in [-0.4, -0.2) is 19.1 Å². The van der Waals surface area contributed by atoms with Gasteiger partial charge in [-0.2, -0.15) is 0 Å². The van der Waals surface area contributed by atoms with E-state index in [0.29, 0.717) is 11.2 Å². The van der Waals surface area contributed by atoms with E-state index < -0.39 is 0 Å². The third kappa shape index (κ3) is 4.16. The molecule has 0 radical (unpaired) electrons. The average Bonchev–Trinajstić information content (AvgIpc) is 3.64. The molecule has 1 aliphatic rings. The van der Waals surface area contributed by atoms with Crippen LogP contribution in [0.3, 0.4) is 0 Å². The van der Waals surface area contributed by atoms with Gasteiger partial charge in [-0.05, 0) is 84.0 Å². The molecule has 5 nitrogen and oxygen atoms in total. The second-order valence-electron chi connectivity index (χ2n) is 12.2. The fourth-order valence-corrected chi connectivity index (χ4v) is 7.62. The number of nitrogens with zero attached hydrogens (tertiary/aromatic N) is 4. The molecule has 5 heteroatoms. The van der Waals surface area contributed by atoms with Gasteiger partial charge in [-0.15, -0.1) is 0 Å². The molecule has 2 N–H and O–H groups in total. The number of benzene rings is 5. The van der Waals surface area contributed by atoms with Crippen LogP contribution >= 0.6 is 0 Å². The summed E-state index contributed by atoms with van der Waals surface area (Å²) in [6, 6.07) is 39.0. The number of aryl methyl sites for hydroxylation is 1. The summed E-state index contributed by atoms with van der Waals surface area (Å²) < 4.78 is 4.53. The Balaban J connectivity index is 1.39. The molecule has 1 aliphatic carbocycles. The third-order valence-electron chi connectivity index (χ3n) is 9.67. The third-order valence-corrected chi connectivity index (χ3v) is 9.67. The summed E-state index contributed by atoms with van der Waals surface area (Å²) in [6.45, 7) is 2.19. The largest absolute Gasteiger partial charge is 0.383 e. The van der Waals surface area contributed by atoms with Crippen molar-refractivity contribution in [2.75, 3.05) is 0 Å². The van der Waals surface area contributed by atoms with Crippen molar-refractivity contribution < 1.29 is 0 Å². The molecular formula is C42H33N5. The quantitative estimate of drug-likeness (QED) is 0.222. The SMILES string of the molecule is CC/C(c1cccc2c1c1ccccc1n2-c1ccccc1)=c1/nccn/c1=C(/N)n1c2ccccc2c2cc3c(cc21)C=CCC3. The van der Waals surface area contributed by atoms with Gasteiger partial charge < -0.3 is 10.3 Å². The van der Waals surface area contributed by atoms with E-state index in [9.17, 15) is 0 Å². The first-order chi connectivity index (χ1) is 23.2. The molecule has 3 heterocycles. The topological polar surface area (TPSA) is 61.7 Å². The number of allylic oxidation sites excluding steroid dienone is 1. The Morgan fingerprint density at radius 2 is 1.43 bits per heavy atom. The molecular weight excluding hydrogens is 574 g/mol. The zero-order valence-corrected chi connectivity index (χ0v) is 26.2. The van der Waals surface area contributed by atoms with Crippen molar-refractivity contribution in [3.8, 4) is 5.69 Å². The predicted molar refractivity (Wildman–Crippen MR) is 195 cm³/mol. The van der Waals surface area contributed by atoms with E-state index in [2.05, 4.69) is 137 Å². The number of hydrogen-bond donors (Lipinski definition) is 1. The normalized spacial score (nSPS) is 14.2. The van der Waals surface area contributed by atoms with Gasteiger partial charge in [-0.1, -0.05) is 85.8 Å². The zero-order valence-electron chi connectivity index (χ0n) is 26.2. The summed E-state index contributed by atoms with van der Waals surface area (Å²) >= 11 is 0. The van der Waals surface area contributed by atoms with Crippen LogP contribution in [0.1, 0.15) is 36.5 Å². The molecule has 5 aromatic carbocycles.